The molecule has 2 aromatic carbocycles. The molecule has 0 saturated carbocycles. The number of amides is 1. The van der Waals surface area contributed by atoms with Gasteiger partial charge in [0, 0.05) is 11.4 Å². The van der Waals surface area contributed by atoms with E-state index in [2.05, 4.69) is 44.3 Å². The van der Waals surface area contributed by atoms with E-state index < -0.39 is 12.7 Å². The molecule has 0 atom stereocenters. The number of methoxy groups -OCH3 is 1. The lowest BCUT2D eigenvalue weighted by molar-refractivity contribution is -0.111. The number of halogens is 1. The standard InChI is InChI=1S/C29H34ClN6O3P/c1-9-26(37)32-22-17-23(24(39-6)16-19(22)14-15-29(2,3)36(4)5)34-28-31-18-20(30)27(35-28)33-21-12-10-11-13-25(21)40(7,8)38/h9-13,16-18H,1H2,2-8H3,(H,32,37)(H2,31,33,34,35). The molecule has 0 unspecified atom stereocenters. The van der Waals surface area contributed by atoms with Crippen molar-refractivity contribution in [2.45, 2.75) is 19.4 Å². The molecular formula is C29H34ClN6O3P. The van der Waals surface area contributed by atoms with Gasteiger partial charge in [-0.25, -0.2) is 4.98 Å². The first-order valence-electron chi connectivity index (χ1n) is 12.3. The maximum Gasteiger partial charge on any atom is 0.247 e. The van der Waals surface area contributed by atoms with Gasteiger partial charge in [0.05, 0.1) is 41.5 Å². The average molecular weight is 581 g/mol. The lowest BCUT2D eigenvalue weighted by atomic mass is 10.0. The summed E-state index contributed by atoms with van der Waals surface area (Å²) in [6.07, 6.45) is 2.64. The molecule has 0 aliphatic rings. The minimum atomic E-state index is -2.57. The minimum absolute atomic E-state index is 0.215. The summed E-state index contributed by atoms with van der Waals surface area (Å²) in [6.45, 7) is 10.9. The highest BCUT2D eigenvalue weighted by molar-refractivity contribution is 7.70. The second kappa shape index (κ2) is 12.6. The predicted molar refractivity (Wildman–Crippen MR) is 166 cm³/mol. The molecule has 0 spiro atoms. The molecule has 0 radical (unpaired) electrons. The number of rotatable bonds is 9. The molecule has 3 rings (SSSR count). The van der Waals surface area contributed by atoms with E-state index in [0.717, 1.165) is 0 Å². The lowest BCUT2D eigenvalue weighted by Crippen LogP contribution is -2.36. The molecule has 0 aliphatic heterocycles. The topological polar surface area (TPSA) is 108 Å². The molecule has 0 aliphatic carbocycles. The van der Waals surface area contributed by atoms with E-state index in [0.29, 0.717) is 39.5 Å². The van der Waals surface area contributed by atoms with Crippen LogP contribution in [-0.4, -0.2) is 60.8 Å². The van der Waals surface area contributed by atoms with Gasteiger partial charge >= 0.3 is 0 Å². The van der Waals surface area contributed by atoms with Crippen molar-refractivity contribution >= 4 is 58.8 Å². The van der Waals surface area contributed by atoms with Crippen LogP contribution in [0.2, 0.25) is 5.02 Å². The number of aromatic nitrogens is 2. The molecule has 9 nitrogen and oxygen atoms in total. The van der Waals surface area contributed by atoms with Crippen molar-refractivity contribution in [2.75, 3.05) is 50.5 Å². The van der Waals surface area contributed by atoms with E-state index in [1.807, 2.05) is 57.1 Å². The Bertz CT molecular complexity index is 1540. The largest absolute Gasteiger partial charge is 0.495 e. The molecule has 1 amide bonds. The van der Waals surface area contributed by atoms with Crippen molar-refractivity contribution in [3.63, 3.8) is 0 Å². The van der Waals surface area contributed by atoms with Crippen molar-refractivity contribution in [3.05, 3.63) is 65.8 Å². The summed E-state index contributed by atoms with van der Waals surface area (Å²) in [4.78, 5) is 23.0. The first kappa shape index (κ1) is 30.7. The number of hydrogen-bond acceptors (Lipinski definition) is 8. The molecule has 1 aromatic heterocycles. The molecular weight excluding hydrogens is 547 g/mol. The second-order valence-corrected chi connectivity index (χ2v) is 13.6. The van der Waals surface area contributed by atoms with Gasteiger partial charge in [-0.3, -0.25) is 9.69 Å². The summed E-state index contributed by atoms with van der Waals surface area (Å²) in [7, 11) is 2.85. The number of anilines is 5. The summed E-state index contributed by atoms with van der Waals surface area (Å²) in [6, 6.07) is 10.7. The van der Waals surface area contributed by atoms with E-state index in [1.54, 1.807) is 25.5 Å². The van der Waals surface area contributed by atoms with Crippen molar-refractivity contribution in [1.82, 2.24) is 14.9 Å². The Morgan fingerprint density at radius 2 is 1.85 bits per heavy atom. The third-order valence-electron chi connectivity index (χ3n) is 6.13. The zero-order valence-electron chi connectivity index (χ0n) is 23.7. The molecule has 0 saturated heterocycles. The van der Waals surface area contributed by atoms with Crippen LogP contribution in [0.25, 0.3) is 0 Å². The van der Waals surface area contributed by atoms with Gasteiger partial charge in [0.2, 0.25) is 11.9 Å². The molecule has 0 fully saturated rings. The number of hydrogen-bond donors (Lipinski definition) is 3. The fourth-order valence-electron chi connectivity index (χ4n) is 3.38. The van der Waals surface area contributed by atoms with Crippen molar-refractivity contribution in [2.24, 2.45) is 0 Å². The molecule has 0 bridgehead atoms. The summed E-state index contributed by atoms with van der Waals surface area (Å²) in [5, 5.41) is 10.1. The number of para-hydroxylation sites is 1. The average Bonchev–Trinajstić information content (AvgIpc) is 2.89. The van der Waals surface area contributed by atoms with Crippen LogP contribution in [0.1, 0.15) is 19.4 Å². The molecule has 1 heterocycles. The van der Waals surface area contributed by atoms with Gasteiger partial charge in [-0.05, 0) is 65.5 Å². The van der Waals surface area contributed by atoms with Gasteiger partial charge in [-0.15, -0.1) is 0 Å². The van der Waals surface area contributed by atoms with Gasteiger partial charge in [0.1, 0.15) is 17.9 Å². The zero-order valence-corrected chi connectivity index (χ0v) is 25.4. The molecule has 11 heteroatoms. The quantitative estimate of drug-likeness (QED) is 0.168. The highest BCUT2D eigenvalue weighted by Gasteiger charge is 2.19. The normalized spacial score (nSPS) is 11.3. The Hall–Kier alpha value is -3.83. The highest BCUT2D eigenvalue weighted by Crippen LogP contribution is 2.39. The van der Waals surface area contributed by atoms with Crippen LogP contribution >= 0.6 is 18.7 Å². The van der Waals surface area contributed by atoms with Gasteiger partial charge in [0.25, 0.3) is 0 Å². The van der Waals surface area contributed by atoms with Crippen LogP contribution in [0.4, 0.5) is 28.8 Å². The Morgan fingerprint density at radius 1 is 1.15 bits per heavy atom. The van der Waals surface area contributed by atoms with Gasteiger partial charge in [0.15, 0.2) is 5.82 Å². The number of carbonyl (C=O) groups excluding carboxylic acids is 1. The SMILES string of the molecule is C=CC(=O)Nc1cc(Nc2ncc(Cl)c(Nc3ccccc3P(C)(C)=O)n2)c(OC)cc1C#CC(C)(C)N(C)C. The Kier molecular flexibility index (Phi) is 9.65. The van der Waals surface area contributed by atoms with E-state index in [-0.39, 0.29) is 16.9 Å². The van der Waals surface area contributed by atoms with Crippen LogP contribution in [0.5, 0.6) is 5.75 Å². The Morgan fingerprint density at radius 3 is 2.48 bits per heavy atom. The maximum atomic E-state index is 12.8. The van der Waals surface area contributed by atoms with Crippen LogP contribution in [0.3, 0.4) is 0 Å². The third-order valence-corrected chi connectivity index (χ3v) is 7.96. The number of ether oxygens (including phenoxy) is 1. The highest BCUT2D eigenvalue weighted by atomic mass is 35.5. The van der Waals surface area contributed by atoms with Gasteiger partial charge in [-0.2, -0.15) is 4.98 Å². The van der Waals surface area contributed by atoms with E-state index in [4.69, 9.17) is 16.3 Å². The molecule has 40 heavy (non-hydrogen) atoms. The number of nitrogens with one attached hydrogen (secondary N) is 3. The fourth-order valence-corrected chi connectivity index (χ4v) is 4.67. The summed E-state index contributed by atoms with van der Waals surface area (Å²) in [5.74, 6) is 7.01. The van der Waals surface area contributed by atoms with Crippen LogP contribution < -0.4 is 26.0 Å². The smallest absolute Gasteiger partial charge is 0.247 e. The van der Waals surface area contributed by atoms with E-state index >= 15 is 0 Å². The maximum absolute atomic E-state index is 12.8. The minimum Gasteiger partial charge on any atom is -0.495 e. The molecule has 3 N–H and O–H groups in total. The van der Waals surface area contributed by atoms with Crippen LogP contribution in [-0.2, 0) is 9.36 Å². The zero-order chi connectivity index (χ0) is 29.7. The van der Waals surface area contributed by atoms with E-state index in [1.165, 1.54) is 19.4 Å². The molecule has 3 aromatic rings. The van der Waals surface area contributed by atoms with Crippen molar-refractivity contribution < 1.29 is 14.1 Å². The van der Waals surface area contributed by atoms with Crippen molar-refractivity contribution in [3.8, 4) is 17.6 Å². The lowest BCUT2D eigenvalue weighted by Gasteiger charge is -2.26. The fraction of sp³-hybridized carbons (Fsp3) is 0.276. The van der Waals surface area contributed by atoms with Crippen LogP contribution in [0, 0.1) is 11.8 Å². The number of benzene rings is 2. The monoisotopic (exact) mass is 580 g/mol. The third kappa shape index (κ3) is 7.64. The first-order valence-corrected chi connectivity index (χ1v) is 15.3. The van der Waals surface area contributed by atoms with E-state index in [9.17, 15) is 9.36 Å². The number of carbonyl (C=O) groups is 1. The Labute approximate surface area is 240 Å². The molecule has 210 valence electrons. The van der Waals surface area contributed by atoms with Crippen molar-refractivity contribution in [1.29, 1.82) is 0 Å². The summed E-state index contributed by atoms with van der Waals surface area (Å²) in [5.41, 5.74) is 1.73. The van der Waals surface area contributed by atoms with Gasteiger partial charge in [-0.1, -0.05) is 42.2 Å². The van der Waals surface area contributed by atoms with Crippen LogP contribution in [0.15, 0.2) is 55.3 Å². The summed E-state index contributed by atoms with van der Waals surface area (Å²) < 4.78 is 18.4. The summed E-state index contributed by atoms with van der Waals surface area (Å²) >= 11 is 6.40. The predicted octanol–water partition coefficient (Wildman–Crippen LogP) is 5.69. The number of nitrogens with zero attached hydrogens (tertiary/aromatic N) is 3. The second-order valence-electron chi connectivity index (χ2n) is 10.0. The van der Waals surface area contributed by atoms with Gasteiger partial charge < -0.3 is 25.3 Å². The Balaban J connectivity index is 2.03. The first-order chi connectivity index (χ1) is 18.7.